The topological polar surface area (TPSA) is 74.3 Å². The van der Waals surface area contributed by atoms with Crippen LogP contribution in [0.5, 0.6) is 5.75 Å². The summed E-state index contributed by atoms with van der Waals surface area (Å²) in [6.45, 7) is 5.99. The van der Waals surface area contributed by atoms with Crippen LogP contribution in [-0.2, 0) is 17.8 Å². The highest BCUT2D eigenvalue weighted by Gasteiger charge is 2.32. The summed E-state index contributed by atoms with van der Waals surface area (Å²) in [6, 6.07) is 7.40. The van der Waals surface area contributed by atoms with Crippen molar-refractivity contribution in [3.05, 3.63) is 35.9 Å². The van der Waals surface area contributed by atoms with Crippen molar-refractivity contribution < 1.29 is 9.53 Å². The molecule has 7 heteroatoms. The van der Waals surface area contributed by atoms with E-state index in [9.17, 15) is 4.79 Å². The fraction of sp³-hybridized carbons (Fsp3) is 0.471. The van der Waals surface area contributed by atoms with Crippen LogP contribution in [0, 0.1) is 0 Å². The minimum Gasteiger partial charge on any atom is -0.497 e. The second-order valence-electron chi connectivity index (χ2n) is 5.89. The number of ether oxygens (including phenoxy) is 1. The molecule has 24 heavy (non-hydrogen) atoms. The van der Waals surface area contributed by atoms with Gasteiger partial charge in [-0.2, -0.15) is 5.10 Å². The number of hydrogen-bond acceptors (Lipinski definition) is 5. The van der Waals surface area contributed by atoms with Crippen molar-refractivity contribution in [1.29, 1.82) is 0 Å². The second kappa shape index (κ2) is 7.00. The molecule has 0 unspecified atom stereocenters. The Labute approximate surface area is 141 Å². The van der Waals surface area contributed by atoms with Crippen LogP contribution < -0.4 is 9.64 Å². The lowest BCUT2D eigenvalue weighted by atomic mass is 10.1. The molecule has 2 heterocycles. The molecule has 1 saturated heterocycles. The zero-order valence-corrected chi connectivity index (χ0v) is 14.3. The summed E-state index contributed by atoms with van der Waals surface area (Å²) in [5, 5.41) is 7.11. The number of benzene rings is 1. The van der Waals surface area contributed by atoms with Crippen LogP contribution in [0.4, 0.5) is 5.69 Å². The van der Waals surface area contributed by atoms with E-state index >= 15 is 0 Å². The molecular weight excluding hydrogens is 306 g/mol. The maximum Gasteiger partial charge on any atom is 0.244 e. The van der Waals surface area contributed by atoms with E-state index in [1.54, 1.807) is 7.11 Å². The SMILES string of the molecule is CCc1n[nH]c(CN2CCN(c3cccc(OC)c3)C(=O)[C@H]2C)n1. The number of H-pyrrole nitrogens is 1. The number of aryl methyl sites for hydroxylation is 1. The Hall–Kier alpha value is -2.41. The normalized spacial score (nSPS) is 18.9. The van der Waals surface area contributed by atoms with Gasteiger partial charge in [0, 0.05) is 31.3 Å². The molecule has 0 saturated carbocycles. The number of rotatable bonds is 5. The molecule has 7 nitrogen and oxygen atoms in total. The van der Waals surface area contributed by atoms with E-state index in [1.165, 1.54) is 0 Å². The van der Waals surface area contributed by atoms with E-state index in [0.29, 0.717) is 13.1 Å². The number of nitrogens with zero attached hydrogens (tertiary/aromatic N) is 4. The number of anilines is 1. The predicted octanol–water partition coefficient (Wildman–Crippen LogP) is 1.61. The van der Waals surface area contributed by atoms with Gasteiger partial charge >= 0.3 is 0 Å². The number of aromatic nitrogens is 3. The van der Waals surface area contributed by atoms with E-state index in [1.807, 2.05) is 43.0 Å². The highest BCUT2D eigenvalue weighted by molar-refractivity contribution is 5.97. The van der Waals surface area contributed by atoms with Gasteiger partial charge in [-0.15, -0.1) is 0 Å². The minimum absolute atomic E-state index is 0.0877. The van der Waals surface area contributed by atoms with Gasteiger partial charge in [0.1, 0.15) is 17.4 Å². The Morgan fingerprint density at radius 1 is 1.38 bits per heavy atom. The van der Waals surface area contributed by atoms with Crippen LogP contribution in [0.15, 0.2) is 24.3 Å². The summed E-state index contributed by atoms with van der Waals surface area (Å²) in [4.78, 5) is 21.2. The van der Waals surface area contributed by atoms with Gasteiger partial charge < -0.3 is 9.64 Å². The van der Waals surface area contributed by atoms with Gasteiger partial charge in [-0.1, -0.05) is 13.0 Å². The van der Waals surface area contributed by atoms with Gasteiger partial charge in [0.25, 0.3) is 0 Å². The number of amides is 1. The average molecular weight is 329 g/mol. The fourth-order valence-electron chi connectivity index (χ4n) is 2.92. The van der Waals surface area contributed by atoms with Crippen LogP contribution in [0.3, 0.4) is 0 Å². The molecule has 0 radical (unpaired) electrons. The summed E-state index contributed by atoms with van der Waals surface area (Å²) >= 11 is 0. The summed E-state index contributed by atoms with van der Waals surface area (Å²) in [7, 11) is 1.63. The van der Waals surface area contributed by atoms with Crippen molar-refractivity contribution in [3.63, 3.8) is 0 Å². The van der Waals surface area contributed by atoms with E-state index in [0.717, 1.165) is 36.1 Å². The van der Waals surface area contributed by atoms with Gasteiger partial charge in [-0.25, -0.2) is 4.98 Å². The summed E-state index contributed by atoms with van der Waals surface area (Å²) in [5.74, 6) is 2.45. The van der Waals surface area contributed by atoms with Crippen LogP contribution in [0.25, 0.3) is 0 Å². The molecule has 0 spiro atoms. The molecule has 3 rings (SSSR count). The molecule has 0 bridgehead atoms. The van der Waals surface area contributed by atoms with Crippen molar-refractivity contribution in [3.8, 4) is 5.75 Å². The number of hydrogen-bond donors (Lipinski definition) is 1. The van der Waals surface area contributed by atoms with Crippen LogP contribution >= 0.6 is 0 Å². The highest BCUT2D eigenvalue weighted by atomic mass is 16.5. The zero-order valence-electron chi connectivity index (χ0n) is 14.3. The summed E-state index contributed by atoms with van der Waals surface area (Å²) in [5.41, 5.74) is 0.874. The maximum absolute atomic E-state index is 12.8. The van der Waals surface area contributed by atoms with Crippen LogP contribution in [0.1, 0.15) is 25.5 Å². The maximum atomic E-state index is 12.8. The molecule has 1 N–H and O–H groups in total. The molecular formula is C17H23N5O2. The Kier molecular flexibility index (Phi) is 4.80. The number of aromatic amines is 1. The molecule has 2 aromatic rings. The highest BCUT2D eigenvalue weighted by Crippen LogP contribution is 2.24. The predicted molar refractivity (Wildman–Crippen MR) is 91.0 cm³/mol. The van der Waals surface area contributed by atoms with Gasteiger partial charge in [0.2, 0.25) is 5.91 Å². The first-order valence-corrected chi connectivity index (χ1v) is 8.22. The first-order valence-electron chi connectivity index (χ1n) is 8.22. The Balaban J connectivity index is 1.70. The molecule has 1 aromatic carbocycles. The Bertz CT molecular complexity index is 715. The lowest BCUT2D eigenvalue weighted by molar-refractivity contribution is -0.125. The van der Waals surface area contributed by atoms with Gasteiger partial charge in [0.15, 0.2) is 0 Å². The number of carbonyl (C=O) groups excluding carboxylic acids is 1. The zero-order chi connectivity index (χ0) is 17.1. The van der Waals surface area contributed by atoms with Crippen molar-refractivity contribution in [2.45, 2.75) is 32.9 Å². The smallest absolute Gasteiger partial charge is 0.244 e. The molecule has 1 amide bonds. The van der Waals surface area contributed by atoms with Crippen LogP contribution in [0.2, 0.25) is 0 Å². The van der Waals surface area contributed by atoms with Crippen molar-refractivity contribution in [1.82, 2.24) is 20.1 Å². The first-order chi connectivity index (χ1) is 11.6. The summed E-state index contributed by atoms with van der Waals surface area (Å²) < 4.78 is 5.25. The molecule has 1 atom stereocenters. The third-order valence-electron chi connectivity index (χ3n) is 4.39. The average Bonchev–Trinajstić information content (AvgIpc) is 3.07. The first kappa shape index (κ1) is 16.4. The molecule has 0 aliphatic carbocycles. The Morgan fingerprint density at radius 3 is 2.92 bits per heavy atom. The summed E-state index contributed by atoms with van der Waals surface area (Å²) in [6.07, 6.45) is 0.800. The molecule has 1 fully saturated rings. The number of nitrogens with one attached hydrogen (secondary N) is 1. The standard InChI is InChI=1S/C17H23N5O2/c1-4-15-18-16(20-19-15)11-21-8-9-22(17(23)12(21)2)13-6-5-7-14(10-13)24-3/h5-7,10,12H,4,8-9,11H2,1-3H3,(H,18,19,20)/t12-/m1/s1. The van der Waals surface area contributed by atoms with Crippen molar-refractivity contribution in [2.75, 3.05) is 25.1 Å². The van der Waals surface area contributed by atoms with Crippen LogP contribution in [-0.4, -0.2) is 52.2 Å². The number of methoxy groups -OCH3 is 1. The minimum atomic E-state index is -0.208. The van der Waals surface area contributed by atoms with E-state index in [2.05, 4.69) is 20.1 Å². The van der Waals surface area contributed by atoms with Crippen molar-refractivity contribution in [2.24, 2.45) is 0 Å². The quantitative estimate of drug-likeness (QED) is 0.902. The molecule has 1 aromatic heterocycles. The Morgan fingerprint density at radius 2 is 2.21 bits per heavy atom. The van der Waals surface area contributed by atoms with E-state index in [4.69, 9.17) is 4.74 Å². The van der Waals surface area contributed by atoms with Gasteiger partial charge in [0.05, 0.1) is 19.7 Å². The molecule has 1 aliphatic heterocycles. The third-order valence-corrected chi connectivity index (χ3v) is 4.39. The van der Waals surface area contributed by atoms with E-state index < -0.39 is 0 Å². The third kappa shape index (κ3) is 3.26. The van der Waals surface area contributed by atoms with Crippen molar-refractivity contribution >= 4 is 11.6 Å². The number of piperazine rings is 1. The number of carbonyl (C=O) groups is 1. The lowest BCUT2D eigenvalue weighted by Crippen LogP contribution is -2.55. The fourth-order valence-corrected chi connectivity index (χ4v) is 2.92. The second-order valence-corrected chi connectivity index (χ2v) is 5.89. The molecule has 1 aliphatic rings. The monoisotopic (exact) mass is 329 g/mol. The van der Waals surface area contributed by atoms with Gasteiger partial charge in [-0.05, 0) is 19.1 Å². The van der Waals surface area contributed by atoms with E-state index in [-0.39, 0.29) is 11.9 Å². The largest absolute Gasteiger partial charge is 0.497 e. The van der Waals surface area contributed by atoms with Gasteiger partial charge in [-0.3, -0.25) is 14.8 Å². The molecule has 128 valence electrons. The lowest BCUT2D eigenvalue weighted by Gasteiger charge is -2.38.